The molecule has 4 heterocycles. The Balaban J connectivity index is 1.11. The summed E-state index contributed by atoms with van der Waals surface area (Å²) in [6.07, 6.45) is 0. The highest BCUT2D eigenvalue weighted by Gasteiger charge is 2.19. The molecule has 0 aliphatic carbocycles. The minimum atomic E-state index is 0.605. The molecule has 0 saturated carbocycles. The third kappa shape index (κ3) is 4.47. The largest absolute Gasteiger partial charge is 0.455 e. The van der Waals surface area contributed by atoms with E-state index >= 15 is 0 Å². The number of hydrogen-bond acceptors (Lipinski definition) is 6. The van der Waals surface area contributed by atoms with Gasteiger partial charge in [0.2, 0.25) is 0 Å². The van der Waals surface area contributed by atoms with E-state index in [1.807, 2.05) is 41.7 Å². The third-order valence-corrected chi connectivity index (χ3v) is 12.1. The quantitative estimate of drug-likeness (QED) is 0.185. The predicted molar refractivity (Wildman–Crippen MR) is 215 cm³/mol. The molecule has 0 N–H and O–H groups in total. The second kappa shape index (κ2) is 11.2. The van der Waals surface area contributed by atoms with Gasteiger partial charge in [-0.1, -0.05) is 121 Å². The summed E-state index contributed by atoms with van der Waals surface area (Å²) in [5.41, 5.74) is 6.76. The molecule has 0 fully saturated rings. The van der Waals surface area contributed by atoms with Gasteiger partial charge in [-0.05, 0) is 30.3 Å². The fourth-order valence-electron chi connectivity index (χ4n) is 7.41. The van der Waals surface area contributed by atoms with Crippen molar-refractivity contribution < 1.29 is 4.42 Å². The fraction of sp³-hybridized carbons (Fsp3) is 0. The Labute approximate surface area is 299 Å². The van der Waals surface area contributed by atoms with E-state index in [4.69, 9.17) is 19.4 Å². The van der Waals surface area contributed by atoms with Gasteiger partial charge in [0.05, 0.1) is 0 Å². The molecule has 4 aromatic heterocycles. The van der Waals surface area contributed by atoms with Crippen molar-refractivity contribution in [1.29, 1.82) is 0 Å². The van der Waals surface area contributed by atoms with Gasteiger partial charge >= 0.3 is 0 Å². The van der Waals surface area contributed by atoms with Crippen LogP contribution >= 0.6 is 22.7 Å². The van der Waals surface area contributed by atoms with Gasteiger partial charge in [0, 0.05) is 78.9 Å². The predicted octanol–water partition coefficient (Wildman–Crippen LogP) is 13.2. The van der Waals surface area contributed by atoms with E-state index in [9.17, 15) is 0 Å². The highest BCUT2D eigenvalue weighted by atomic mass is 32.1. The lowest BCUT2D eigenvalue weighted by Crippen LogP contribution is -2.00. The number of nitrogens with zero attached hydrogens (tertiary/aromatic N) is 3. The average Bonchev–Trinajstić information content (AvgIpc) is 3.89. The Hall–Kier alpha value is -6.21. The maximum atomic E-state index is 6.78. The van der Waals surface area contributed by atoms with Crippen LogP contribution in [0.2, 0.25) is 0 Å². The molecule has 0 unspecified atom stereocenters. The van der Waals surface area contributed by atoms with Crippen LogP contribution in [0.1, 0.15) is 0 Å². The van der Waals surface area contributed by atoms with Crippen LogP contribution in [-0.4, -0.2) is 15.0 Å². The smallest absolute Gasteiger partial charge is 0.164 e. The lowest BCUT2D eigenvalue weighted by Gasteiger charge is -2.09. The number of furan rings is 1. The van der Waals surface area contributed by atoms with E-state index in [-0.39, 0.29) is 0 Å². The number of aromatic nitrogens is 3. The van der Waals surface area contributed by atoms with Crippen molar-refractivity contribution in [2.75, 3.05) is 0 Å². The molecule has 11 rings (SSSR count). The van der Waals surface area contributed by atoms with Gasteiger partial charge in [0.25, 0.3) is 0 Å². The summed E-state index contributed by atoms with van der Waals surface area (Å²) < 4.78 is 11.8. The number of thiophene rings is 2. The summed E-state index contributed by atoms with van der Waals surface area (Å²) in [6, 6.07) is 53.0. The summed E-state index contributed by atoms with van der Waals surface area (Å²) in [4.78, 5) is 15.3. The highest BCUT2D eigenvalue weighted by Crippen LogP contribution is 2.44. The van der Waals surface area contributed by atoms with Crippen LogP contribution in [0.15, 0.2) is 156 Å². The summed E-state index contributed by atoms with van der Waals surface area (Å²) in [5, 5.41) is 7.09. The summed E-state index contributed by atoms with van der Waals surface area (Å²) in [7, 11) is 0. The van der Waals surface area contributed by atoms with E-state index in [0.717, 1.165) is 44.2 Å². The lowest BCUT2D eigenvalue weighted by molar-refractivity contribution is 0.670. The molecule has 0 aliphatic rings. The number of rotatable bonds is 4. The normalized spacial score (nSPS) is 11.9. The van der Waals surface area contributed by atoms with E-state index in [1.54, 1.807) is 11.3 Å². The molecule has 11 aromatic rings. The van der Waals surface area contributed by atoms with Gasteiger partial charge in [-0.2, -0.15) is 0 Å². The molecule has 0 radical (unpaired) electrons. The third-order valence-electron chi connectivity index (χ3n) is 9.76. The SMILES string of the molecule is c1ccc(-c2nc(-c3ccc4c(c3)oc3c(-c5cccc6c5sc5ccccc56)cccc34)nc(-c3cccc4sc5ccccc5c34)n2)cc1. The lowest BCUT2D eigenvalue weighted by atomic mass is 10.00. The molecular weight excluding hydrogens is 663 g/mol. The van der Waals surface area contributed by atoms with Crippen molar-refractivity contribution in [2.24, 2.45) is 0 Å². The molecule has 0 amide bonds. The van der Waals surface area contributed by atoms with Crippen LogP contribution in [0.4, 0.5) is 0 Å². The van der Waals surface area contributed by atoms with Crippen LogP contribution in [0.25, 0.3) is 108 Å². The first kappa shape index (κ1) is 28.6. The van der Waals surface area contributed by atoms with Crippen molar-refractivity contribution >= 4 is 85.0 Å². The average molecular weight is 688 g/mol. The zero-order chi connectivity index (χ0) is 33.5. The second-order valence-electron chi connectivity index (χ2n) is 12.7. The van der Waals surface area contributed by atoms with Crippen molar-refractivity contribution in [3.05, 3.63) is 152 Å². The summed E-state index contributed by atoms with van der Waals surface area (Å²) in [5.74, 6) is 1.89. The molecule has 0 aliphatic heterocycles. The standard InChI is InChI=1S/C45H25N3OS2/c1-2-11-26(12-3-1)43-46-44(48-45(47-43)35-19-10-22-39-40(35)34-14-5-7-21-38(34)50-39)27-23-24-28-30-15-8-16-31(41(30)49-36(28)25-27)33-18-9-17-32-29-13-4-6-20-37(29)51-42(32)33/h1-25H. The minimum Gasteiger partial charge on any atom is -0.455 e. The molecule has 0 spiro atoms. The van der Waals surface area contributed by atoms with Gasteiger partial charge in [-0.15, -0.1) is 22.7 Å². The first-order valence-corrected chi connectivity index (χ1v) is 18.5. The first-order valence-electron chi connectivity index (χ1n) is 16.9. The zero-order valence-electron chi connectivity index (χ0n) is 27.0. The van der Waals surface area contributed by atoms with E-state index in [0.29, 0.717) is 17.5 Å². The monoisotopic (exact) mass is 687 g/mol. The molecule has 7 aromatic carbocycles. The number of fused-ring (bicyclic) bond motifs is 9. The van der Waals surface area contributed by atoms with Crippen LogP contribution in [-0.2, 0) is 0 Å². The topological polar surface area (TPSA) is 51.8 Å². The summed E-state index contributed by atoms with van der Waals surface area (Å²) >= 11 is 3.63. The first-order chi connectivity index (χ1) is 25.3. The van der Waals surface area contributed by atoms with Crippen molar-refractivity contribution in [2.45, 2.75) is 0 Å². The van der Waals surface area contributed by atoms with Gasteiger partial charge in [0.1, 0.15) is 11.2 Å². The molecule has 0 atom stereocenters. The molecular formula is C45H25N3OS2. The van der Waals surface area contributed by atoms with Gasteiger partial charge in [0.15, 0.2) is 17.5 Å². The molecule has 4 nitrogen and oxygen atoms in total. The minimum absolute atomic E-state index is 0.605. The maximum absolute atomic E-state index is 6.78. The molecule has 0 bridgehead atoms. The van der Waals surface area contributed by atoms with E-state index in [1.165, 1.54) is 45.9 Å². The number of benzene rings is 7. The Kier molecular flexibility index (Phi) is 6.26. The van der Waals surface area contributed by atoms with Crippen molar-refractivity contribution in [3.63, 3.8) is 0 Å². The van der Waals surface area contributed by atoms with Crippen LogP contribution in [0.5, 0.6) is 0 Å². The molecule has 238 valence electrons. The Morgan fingerprint density at radius 3 is 1.88 bits per heavy atom. The second-order valence-corrected chi connectivity index (χ2v) is 14.9. The van der Waals surface area contributed by atoms with Gasteiger partial charge in [-0.25, -0.2) is 15.0 Å². The molecule has 6 heteroatoms. The number of hydrogen-bond donors (Lipinski definition) is 0. The van der Waals surface area contributed by atoms with Gasteiger partial charge < -0.3 is 4.42 Å². The Morgan fingerprint density at radius 2 is 1.02 bits per heavy atom. The van der Waals surface area contributed by atoms with Crippen molar-refractivity contribution in [1.82, 2.24) is 15.0 Å². The van der Waals surface area contributed by atoms with Crippen LogP contribution in [0.3, 0.4) is 0 Å². The van der Waals surface area contributed by atoms with E-state index < -0.39 is 0 Å². The Bertz CT molecular complexity index is 3160. The van der Waals surface area contributed by atoms with E-state index in [2.05, 4.69) is 121 Å². The fourth-order valence-corrected chi connectivity index (χ4v) is 9.77. The molecule has 51 heavy (non-hydrogen) atoms. The van der Waals surface area contributed by atoms with Crippen molar-refractivity contribution in [3.8, 4) is 45.3 Å². The number of para-hydroxylation sites is 1. The maximum Gasteiger partial charge on any atom is 0.164 e. The van der Waals surface area contributed by atoms with Gasteiger partial charge in [-0.3, -0.25) is 0 Å². The Morgan fingerprint density at radius 1 is 0.392 bits per heavy atom. The van der Waals surface area contributed by atoms with Crippen LogP contribution in [0, 0.1) is 0 Å². The van der Waals surface area contributed by atoms with Crippen LogP contribution < -0.4 is 0 Å². The zero-order valence-corrected chi connectivity index (χ0v) is 28.6. The molecule has 0 saturated heterocycles. The highest BCUT2D eigenvalue weighted by molar-refractivity contribution is 7.26. The summed E-state index contributed by atoms with van der Waals surface area (Å²) in [6.45, 7) is 0.